The van der Waals surface area contributed by atoms with Crippen LogP contribution in [0.25, 0.3) is 0 Å². The predicted molar refractivity (Wildman–Crippen MR) is 56.0 cm³/mol. The maximum absolute atomic E-state index is 11.4. The molecule has 1 fully saturated rings. The molecule has 1 N–H and O–H groups in total. The number of carbonyl (C=O) groups is 1. The fraction of sp³-hybridized carbons (Fsp3) is 0.727. The van der Waals surface area contributed by atoms with Crippen LogP contribution in [0.5, 0.6) is 0 Å². The number of likely N-dealkylation sites (N-methyl/N-ethyl adjacent to an activating group) is 1. The maximum atomic E-state index is 11.4. The van der Waals surface area contributed by atoms with E-state index in [1.165, 1.54) is 0 Å². The van der Waals surface area contributed by atoms with E-state index in [1.807, 2.05) is 13.0 Å². The van der Waals surface area contributed by atoms with Crippen molar-refractivity contribution in [2.75, 3.05) is 13.2 Å². The molecule has 0 aromatic carbocycles. The summed E-state index contributed by atoms with van der Waals surface area (Å²) in [6.45, 7) is 8.39. The normalized spacial score (nSPS) is 31.0. The van der Waals surface area contributed by atoms with Gasteiger partial charge >= 0.3 is 0 Å². The number of hydrogen-bond acceptors (Lipinski definition) is 3. The molecule has 0 amide bonds. The molecule has 1 radical (unpaired) electrons. The molecular formula is C11H19AcNO2. The van der Waals surface area contributed by atoms with Crippen LogP contribution in [0, 0.1) is 50.0 Å². The van der Waals surface area contributed by atoms with Crippen molar-refractivity contribution in [2.45, 2.75) is 32.4 Å². The van der Waals surface area contributed by atoms with Gasteiger partial charge in [-0.2, -0.15) is 0 Å². The summed E-state index contributed by atoms with van der Waals surface area (Å²) in [6.07, 6.45) is 2.60. The van der Waals surface area contributed by atoms with Gasteiger partial charge in [0.2, 0.25) is 0 Å². The number of ketones is 1. The van der Waals surface area contributed by atoms with E-state index in [2.05, 4.69) is 11.5 Å². The Bertz CT molecular complexity index is 231. The summed E-state index contributed by atoms with van der Waals surface area (Å²) in [5, 5.41) is 9.19. The van der Waals surface area contributed by atoms with Crippen LogP contribution in [0.3, 0.4) is 0 Å². The van der Waals surface area contributed by atoms with Crippen LogP contribution < -0.4 is 0 Å². The average Bonchev–Trinajstić information content (AvgIpc) is 2.54. The molecule has 0 aromatic rings. The number of carbonyl (C=O) groups excluding carboxylic acids is 1. The van der Waals surface area contributed by atoms with Crippen LogP contribution in [0.4, 0.5) is 0 Å². The summed E-state index contributed by atoms with van der Waals surface area (Å²) in [5.41, 5.74) is 0. The molecule has 0 aromatic heterocycles. The summed E-state index contributed by atoms with van der Waals surface area (Å²) in [7, 11) is 0. The molecule has 1 aliphatic rings. The fourth-order valence-electron chi connectivity index (χ4n) is 2.38. The number of Topliss-reactive ketones (excluding diaryl/α,β-unsaturated/α-hetero) is 1. The molecule has 83 valence electrons. The minimum atomic E-state index is -0.0276. The molecule has 3 nitrogen and oxygen atoms in total. The van der Waals surface area contributed by atoms with Gasteiger partial charge in [0.25, 0.3) is 0 Å². The molecule has 3 atom stereocenters. The Morgan fingerprint density at radius 1 is 1.67 bits per heavy atom. The van der Waals surface area contributed by atoms with Crippen molar-refractivity contribution in [3.63, 3.8) is 0 Å². The Morgan fingerprint density at radius 2 is 2.27 bits per heavy atom. The number of hydrogen-bond donors (Lipinski definition) is 1. The summed E-state index contributed by atoms with van der Waals surface area (Å²) in [6, 6.07) is 0.124. The van der Waals surface area contributed by atoms with Gasteiger partial charge in [0.1, 0.15) is 5.78 Å². The molecule has 0 spiro atoms. The Morgan fingerprint density at radius 3 is 2.60 bits per heavy atom. The predicted octanol–water partition coefficient (Wildman–Crippen LogP) is 0.833. The average molecular weight is 424 g/mol. The Balaban J connectivity index is 0.00000196. The van der Waals surface area contributed by atoms with Gasteiger partial charge in [-0.15, -0.1) is 6.58 Å². The fourth-order valence-corrected chi connectivity index (χ4v) is 2.38. The number of nitrogens with zero attached hydrogens (tertiary/aromatic N) is 1. The third-order valence-electron chi connectivity index (χ3n) is 3.10. The monoisotopic (exact) mass is 424 g/mol. The van der Waals surface area contributed by atoms with E-state index < -0.39 is 0 Å². The second kappa shape index (κ2) is 7.17. The quantitative estimate of drug-likeness (QED) is 0.681. The Kier molecular flexibility index (Phi) is 7.54. The van der Waals surface area contributed by atoms with Gasteiger partial charge < -0.3 is 5.11 Å². The van der Waals surface area contributed by atoms with E-state index in [0.29, 0.717) is 0 Å². The molecule has 15 heavy (non-hydrogen) atoms. The zero-order chi connectivity index (χ0) is 10.7. The zero-order valence-corrected chi connectivity index (χ0v) is 14.3. The van der Waals surface area contributed by atoms with Crippen molar-refractivity contribution in [1.82, 2.24) is 4.90 Å². The first-order valence-electron chi connectivity index (χ1n) is 5.15. The van der Waals surface area contributed by atoms with Crippen molar-refractivity contribution in [3.8, 4) is 0 Å². The van der Waals surface area contributed by atoms with Gasteiger partial charge in [-0.1, -0.05) is 13.0 Å². The molecule has 0 unspecified atom stereocenters. The van der Waals surface area contributed by atoms with Crippen LogP contribution in [-0.2, 0) is 4.79 Å². The second-order valence-corrected chi connectivity index (χ2v) is 3.86. The minimum absolute atomic E-state index is 0. The van der Waals surface area contributed by atoms with Crippen molar-refractivity contribution in [1.29, 1.82) is 0 Å². The van der Waals surface area contributed by atoms with Crippen LogP contribution in [-0.4, -0.2) is 41.0 Å². The number of likely N-dealkylation sites (tertiary alicyclic amines) is 1. The van der Waals surface area contributed by atoms with Gasteiger partial charge in [0, 0.05) is 62.6 Å². The van der Waals surface area contributed by atoms with Gasteiger partial charge in [0.15, 0.2) is 0 Å². The van der Waals surface area contributed by atoms with Gasteiger partial charge in [0.05, 0.1) is 6.04 Å². The first-order valence-corrected chi connectivity index (χ1v) is 5.15. The topological polar surface area (TPSA) is 40.5 Å². The Labute approximate surface area is 127 Å². The van der Waals surface area contributed by atoms with E-state index >= 15 is 0 Å². The largest absolute Gasteiger partial charge is 0.396 e. The van der Waals surface area contributed by atoms with Crippen molar-refractivity contribution in [3.05, 3.63) is 12.7 Å². The van der Waals surface area contributed by atoms with Gasteiger partial charge in [-0.25, -0.2) is 0 Å². The molecule has 4 heteroatoms. The summed E-state index contributed by atoms with van der Waals surface area (Å²) in [5.74, 6) is 0.357. The van der Waals surface area contributed by atoms with Crippen LogP contribution in [0.1, 0.15) is 20.3 Å². The maximum Gasteiger partial charge on any atom is 0.146 e. The van der Waals surface area contributed by atoms with E-state index in [-0.39, 0.29) is 74.5 Å². The smallest absolute Gasteiger partial charge is 0.146 e. The molecule has 1 aliphatic heterocycles. The van der Waals surface area contributed by atoms with Gasteiger partial charge in [-0.3, -0.25) is 9.69 Å². The third kappa shape index (κ3) is 3.36. The first kappa shape index (κ1) is 15.8. The van der Waals surface area contributed by atoms with Crippen LogP contribution in [0.15, 0.2) is 12.7 Å². The SMILES string of the molecule is C=C[C@H]1[C@H](CO)C[C@H](C(C)=O)N1CC.[Ac]. The number of aliphatic hydroxyl groups is 1. The molecule has 0 bridgehead atoms. The van der Waals surface area contributed by atoms with E-state index in [9.17, 15) is 9.90 Å². The molecule has 1 rings (SSSR count). The second-order valence-electron chi connectivity index (χ2n) is 3.86. The van der Waals surface area contributed by atoms with E-state index in [4.69, 9.17) is 0 Å². The summed E-state index contributed by atoms with van der Waals surface area (Å²) in [4.78, 5) is 13.5. The Hall–Kier alpha value is 0.772. The van der Waals surface area contributed by atoms with Crippen molar-refractivity contribution >= 4 is 5.78 Å². The molecule has 1 heterocycles. The summed E-state index contributed by atoms with van der Waals surface area (Å²) < 4.78 is 0. The van der Waals surface area contributed by atoms with E-state index in [0.717, 1.165) is 13.0 Å². The van der Waals surface area contributed by atoms with Gasteiger partial charge in [-0.05, 0) is 19.9 Å². The molecule has 1 saturated heterocycles. The van der Waals surface area contributed by atoms with E-state index in [1.54, 1.807) is 6.92 Å². The number of rotatable bonds is 4. The minimum Gasteiger partial charge on any atom is -0.396 e. The zero-order valence-electron chi connectivity index (χ0n) is 9.52. The van der Waals surface area contributed by atoms with Crippen LogP contribution in [0.2, 0.25) is 0 Å². The standard InChI is InChI=1S/C11H19NO2.Ac/c1-4-10-9(7-13)6-11(8(3)14)12(10)5-2;/h4,9-11,13H,1,5-7H2,2-3H3;/t9-,10-,11+;/m0./s1. The first-order chi connectivity index (χ1) is 6.65. The molecule has 0 saturated carbocycles. The third-order valence-corrected chi connectivity index (χ3v) is 3.10. The number of aliphatic hydroxyl groups excluding tert-OH is 1. The van der Waals surface area contributed by atoms with Crippen molar-refractivity contribution < 1.29 is 54.0 Å². The molecule has 0 aliphatic carbocycles. The molecular weight excluding hydrogens is 405 g/mol. The summed E-state index contributed by atoms with van der Waals surface area (Å²) >= 11 is 0. The van der Waals surface area contributed by atoms with Crippen LogP contribution >= 0.6 is 0 Å². The van der Waals surface area contributed by atoms with Crippen molar-refractivity contribution in [2.24, 2.45) is 5.92 Å².